The Morgan fingerprint density at radius 3 is 2.68 bits per heavy atom. The number of hydrogen-bond acceptors (Lipinski definition) is 7. The molecular formula is C23H26ClN5O5. The highest BCUT2D eigenvalue weighted by molar-refractivity contribution is 6.30. The van der Waals surface area contributed by atoms with Crippen molar-refractivity contribution in [1.82, 2.24) is 15.2 Å². The molecule has 1 aromatic carbocycles. The van der Waals surface area contributed by atoms with Crippen molar-refractivity contribution in [2.24, 2.45) is 5.92 Å². The summed E-state index contributed by atoms with van der Waals surface area (Å²) in [5.74, 6) is 0.660. The van der Waals surface area contributed by atoms with Gasteiger partial charge in [0.1, 0.15) is 19.0 Å². The van der Waals surface area contributed by atoms with E-state index in [9.17, 15) is 14.4 Å². The quantitative estimate of drug-likeness (QED) is 0.592. The van der Waals surface area contributed by atoms with E-state index in [1.165, 1.54) is 6.20 Å². The van der Waals surface area contributed by atoms with Crippen LogP contribution in [0, 0.1) is 5.92 Å². The van der Waals surface area contributed by atoms with Gasteiger partial charge in [0.25, 0.3) is 0 Å². The molecule has 0 saturated carbocycles. The van der Waals surface area contributed by atoms with Crippen LogP contribution in [0.5, 0.6) is 11.5 Å². The van der Waals surface area contributed by atoms with Gasteiger partial charge in [-0.1, -0.05) is 11.6 Å². The zero-order valence-corrected chi connectivity index (χ0v) is 19.4. The monoisotopic (exact) mass is 487 g/mol. The predicted molar refractivity (Wildman–Crippen MR) is 126 cm³/mol. The first-order valence-corrected chi connectivity index (χ1v) is 11.4. The largest absolute Gasteiger partial charge is 0.486 e. The molecule has 2 unspecified atom stereocenters. The van der Waals surface area contributed by atoms with E-state index >= 15 is 0 Å². The Hall–Kier alpha value is -3.37. The van der Waals surface area contributed by atoms with E-state index in [0.29, 0.717) is 60.8 Å². The lowest BCUT2D eigenvalue weighted by Gasteiger charge is -2.35. The van der Waals surface area contributed by atoms with Crippen LogP contribution in [-0.4, -0.2) is 60.1 Å². The number of anilines is 2. The van der Waals surface area contributed by atoms with Gasteiger partial charge >= 0.3 is 6.03 Å². The van der Waals surface area contributed by atoms with Crippen molar-refractivity contribution in [2.45, 2.75) is 25.8 Å². The normalized spacial score (nSPS) is 18.5. The molecule has 0 spiro atoms. The number of aromatic nitrogens is 1. The van der Waals surface area contributed by atoms with Gasteiger partial charge in [-0.15, -0.1) is 0 Å². The summed E-state index contributed by atoms with van der Waals surface area (Å²) in [6.07, 6.45) is 2.93. The molecule has 2 aliphatic heterocycles. The number of carbonyl (C=O) groups excluding carboxylic acids is 3. The van der Waals surface area contributed by atoms with Crippen LogP contribution in [0.25, 0.3) is 0 Å². The van der Waals surface area contributed by atoms with Gasteiger partial charge in [-0.3, -0.25) is 19.8 Å². The number of rotatable bonds is 5. The van der Waals surface area contributed by atoms with Crippen molar-refractivity contribution < 1.29 is 23.9 Å². The fraction of sp³-hybridized carbons (Fsp3) is 0.391. The second-order valence-corrected chi connectivity index (χ2v) is 8.60. The van der Waals surface area contributed by atoms with Crippen molar-refractivity contribution in [3.05, 3.63) is 41.6 Å². The number of carbonyl (C=O) groups is 3. The summed E-state index contributed by atoms with van der Waals surface area (Å²) in [4.78, 5) is 43.7. The number of urea groups is 1. The number of nitrogens with one attached hydrogen (secondary N) is 3. The van der Waals surface area contributed by atoms with E-state index < -0.39 is 18.0 Å². The molecule has 4 amide bonds. The van der Waals surface area contributed by atoms with Gasteiger partial charge in [0, 0.05) is 24.5 Å². The Morgan fingerprint density at radius 1 is 1.12 bits per heavy atom. The highest BCUT2D eigenvalue weighted by atomic mass is 35.5. The van der Waals surface area contributed by atoms with Gasteiger partial charge in [0.15, 0.2) is 11.5 Å². The molecule has 10 nitrogen and oxygen atoms in total. The summed E-state index contributed by atoms with van der Waals surface area (Å²) in [6.45, 7) is 3.68. The Kier molecular flexibility index (Phi) is 7.49. The molecule has 180 valence electrons. The lowest BCUT2D eigenvalue weighted by atomic mass is 9.96. The Morgan fingerprint density at radius 2 is 1.91 bits per heavy atom. The first-order valence-electron chi connectivity index (χ1n) is 11.1. The number of fused-ring (bicyclic) bond motifs is 1. The molecule has 1 aromatic heterocycles. The maximum atomic E-state index is 12.7. The van der Waals surface area contributed by atoms with Crippen LogP contribution in [0.15, 0.2) is 36.5 Å². The average Bonchev–Trinajstić information content (AvgIpc) is 2.84. The Bertz CT molecular complexity index is 1060. The average molecular weight is 488 g/mol. The van der Waals surface area contributed by atoms with Crippen LogP contribution in [0.4, 0.5) is 16.3 Å². The second kappa shape index (κ2) is 10.7. The van der Waals surface area contributed by atoms with Crippen molar-refractivity contribution >= 4 is 41.0 Å². The number of benzene rings is 1. The van der Waals surface area contributed by atoms with Crippen molar-refractivity contribution in [3.63, 3.8) is 0 Å². The van der Waals surface area contributed by atoms with Crippen molar-refractivity contribution in [3.8, 4) is 11.5 Å². The van der Waals surface area contributed by atoms with Gasteiger partial charge in [-0.2, -0.15) is 0 Å². The molecule has 3 heterocycles. The van der Waals surface area contributed by atoms with E-state index in [4.69, 9.17) is 21.1 Å². The molecule has 2 atom stereocenters. The predicted octanol–water partition coefficient (Wildman–Crippen LogP) is 2.89. The number of nitrogens with zero attached hydrogens (tertiary/aromatic N) is 2. The van der Waals surface area contributed by atoms with E-state index in [0.717, 1.165) is 6.42 Å². The molecule has 1 saturated heterocycles. The molecule has 2 aliphatic rings. The highest BCUT2D eigenvalue weighted by Gasteiger charge is 2.31. The van der Waals surface area contributed by atoms with Crippen molar-refractivity contribution in [2.75, 3.05) is 36.9 Å². The van der Waals surface area contributed by atoms with Crippen LogP contribution in [-0.2, 0) is 9.59 Å². The third-order valence-corrected chi connectivity index (χ3v) is 5.99. The number of halogens is 1. The number of hydrogen-bond donors (Lipinski definition) is 3. The molecule has 0 aliphatic carbocycles. The molecule has 3 N–H and O–H groups in total. The molecule has 2 aromatic rings. The van der Waals surface area contributed by atoms with Gasteiger partial charge in [-0.25, -0.2) is 9.78 Å². The number of piperidine rings is 1. The van der Waals surface area contributed by atoms with Crippen LogP contribution in [0.2, 0.25) is 5.02 Å². The van der Waals surface area contributed by atoms with E-state index in [2.05, 4.69) is 20.9 Å². The molecular weight excluding hydrogens is 462 g/mol. The topological polar surface area (TPSA) is 122 Å². The minimum absolute atomic E-state index is 0.163. The first-order chi connectivity index (χ1) is 16.4. The number of ether oxygens (including phenoxy) is 2. The molecule has 34 heavy (non-hydrogen) atoms. The van der Waals surface area contributed by atoms with Crippen LogP contribution >= 0.6 is 11.6 Å². The molecule has 0 radical (unpaired) electrons. The highest BCUT2D eigenvalue weighted by Crippen LogP contribution is 2.32. The third kappa shape index (κ3) is 5.95. The fourth-order valence-corrected chi connectivity index (χ4v) is 4.03. The van der Waals surface area contributed by atoms with Crippen LogP contribution < -0.4 is 25.4 Å². The Balaban J connectivity index is 1.28. The Labute approximate surface area is 202 Å². The summed E-state index contributed by atoms with van der Waals surface area (Å²) >= 11 is 5.83. The minimum atomic E-state index is -0.645. The van der Waals surface area contributed by atoms with E-state index in [1.807, 2.05) is 4.90 Å². The van der Waals surface area contributed by atoms with Gasteiger partial charge < -0.3 is 20.1 Å². The van der Waals surface area contributed by atoms with Gasteiger partial charge in [0.05, 0.1) is 17.0 Å². The van der Waals surface area contributed by atoms with Gasteiger partial charge in [-0.05, 0) is 50.6 Å². The minimum Gasteiger partial charge on any atom is -0.486 e. The summed E-state index contributed by atoms with van der Waals surface area (Å²) in [6, 6.07) is 7.07. The number of imide groups is 1. The maximum absolute atomic E-state index is 12.7. The molecule has 11 heteroatoms. The smallest absolute Gasteiger partial charge is 0.325 e. The summed E-state index contributed by atoms with van der Waals surface area (Å²) in [5, 5.41) is 8.28. The van der Waals surface area contributed by atoms with E-state index in [-0.39, 0.29) is 11.8 Å². The zero-order valence-electron chi connectivity index (χ0n) is 18.7. The molecule has 0 bridgehead atoms. The van der Waals surface area contributed by atoms with Gasteiger partial charge in [0.2, 0.25) is 11.8 Å². The van der Waals surface area contributed by atoms with Crippen molar-refractivity contribution in [1.29, 1.82) is 0 Å². The number of amides is 4. The first kappa shape index (κ1) is 23.8. The standard InChI is InChI=1S/C23H26ClN5O5/c1-14(21(30)28-23(32)26-17-5-6-18-19(11-17)34-10-9-33-18)29-8-2-3-15(13-29)22(31)27-20-7-4-16(24)12-25-20/h4-7,11-12,14-15H,2-3,8-10,13H2,1H3,(H,25,27,31)(H2,26,28,30,32). The van der Waals surface area contributed by atoms with Crippen LogP contribution in [0.3, 0.4) is 0 Å². The number of likely N-dealkylation sites (tertiary alicyclic amines) is 1. The molecule has 4 rings (SSSR count). The SMILES string of the molecule is CC(C(=O)NC(=O)Nc1ccc2c(c1)OCCO2)N1CCCC(C(=O)Nc2ccc(Cl)cn2)C1. The lowest BCUT2D eigenvalue weighted by molar-refractivity contribution is -0.128. The maximum Gasteiger partial charge on any atom is 0.325 e. The zero-order chi connectivity index (χ0) is 24.1. The van der Waals surface area contributed by atoms with E-state index in [1.54, 1.807) is 37.3 Å². The lowest BCUT2D eigenvalue weighted by Crippen LogP contribution is -2.52. The summed E-state index contributed by atoms with van der Waals surface area (Å²) in [5.41, 5.74) is 0.479. The van der Waals surface area contributed by atoms with Crippen LogP contribution in [0.1, 0.15) is 19.8 Å². The summed E-state index contributed by atoms with van der Waals surface area (Å²) < 4.78 is 11.0. The number of pyridine rings is 1. The third-order valence-electron chi connectivity index (χ3n) is 5.77. The molecule has 1 fully saturated rings. The summed E-state index contributed by atoms with van der Waals surface area (Å²) in [7, 11) is 0. The second-order valence-electron chi connectivity index (χ2n) is 8.16. The fourth-order valence-electron chi connectivity index (χ4n) is 3.92.